The molecular weight excluding hydrogens is 444 g/mol. The van der Waals surface area contributed by atoms with Crippen LogP contribution < -0.4 is 16.0 Å². The van der Waals surface area contributed by atoms with E-state index in [0.717, 1.165) is 30.3 Å². The molecule has 0 aliphatic carbocycles. The van der Waals surface area contributed by atoms with Crippen LogP contribution >= 0.6 is 0 Å². The van der Waals surface area contributed by atoms with Gasteiger partial charge >= 0.3 is 6.09 Å². The molecular formula is C27H38N4O4. The number of amides is 3. The Labute approximate surface area is 207 Å². The highest BCUT2D eigenvalue weighted by atomic mass is 16.6. The van der Waals surface area contributed by atoms with Gasteiger partial charge in [0, 0.05) is 19.6 Å². The number of fused-ring (bicyclic) bond motifs is 1. The largest absolute Gasteiger partial charge is 0.444 e. The van der Waals surface area contributed by atoms with Crippen molar-refractivity contribution in [3.63, 3.8) is 0 Å². The molecule has 1 saturated heterocycles. The van der Waals surface area contributed by atoms with Crippen LogP contribution in [0.3, 0.4) is 0 Å². The molecule has 3 N–H and O–H groups in total. The summed E-state index contributed by atoms with van der Waals surface area (Å²) in [6.45, 7) is 9.62. The molecule has 2 aromatic carbocycles. The number of ether oxygens (including phenoxy) is 1. The summed E-state index contributed by atoms with van der Waals surface area (Å²) in [4.78, 5) is 39.0. The zero-order valence-corrected chi connectivity index (χ0v) is 21.2. The number of benzene rings is 2. The Balaban J connectivity index is 1.40. The molecule has 0 spiro atoms. The average molecular weight is 483 g/mol. The van der Waals surface area contributed by atoms with Gasteiger partial charge in [-0.15, -0.1) is 0 Å². The summed E-state index contributed by atoms with van der Waals surface area (Å²) in [5.74, 6) is -0.269. The lowest BCUT2D eigenvalue weighted by molar-refractivity contribution is -0.129. The molecule has 1 aliphatic rings. The molecule has 2 unspecified atom stereocenters. The number of nitrogens with zero attached hydrogens (tertiary/aromatic N) is 1. The molecule has 3 rings (SSSR count). The van der Waals surface area contributed by atoms with Gasteiger partial charge in [0.25, 0.3) is 0 Å². The number of carbonyl (C=O) groups is 3. The summed E-state index contributed by atoms with van der Waals surface area (Å²) >= 11 is 0. The fraction of sp³-hybridized carbons (Fsp3) is 0.519. The highest BCUT2D eigenvalue weighted by Crippen LogP contribution is 2.21. The van der Waals surface area contributed by atoms with Crippen molar-refractivity contribution < 1.29 is 19.1 Å². The van der Waals surface area contributed by atoms with Gasteiger partial charge in [-0.05, 0) is 69.5 Å². The van der Waals surface area contributed by atoms with Crippen molar-refractivity contribution in [1.29, 1.82) is 0 Å². The first-order valence-electron chi connectivity index (χ1n) is 12.4. The van der Waals surface area contributed by atoms with Crippen molar-refractivity contribution in [2.75, 3.05) is 32.7 Å². The monoisotopic (exact) mass is 482 g/mol. The molecule has 1 fully saturated rings. The third-order valence-corrected chi connectivity index (χ3v) is 5.99. The number of likely N-dealkylation sites (tertiary alicyclic amines) is 1. The zero-order chi connectivity index (χ0) is 25.4. The van der Waals surface area contributed by atoms with Gasteiger partial charge in [0.2, 0.25) is 11.8 Å². The first-order chi connectivity index (χ1) is 16.6. The minimum Gasteiger partial charge on any atom is -0.444 e. The van der Waals surface area contributed by atoms with E-state index < -0.39 is 11.7 Å². The Kier molecular flexibility index (Phi) is 9.09. The van der Waals surface area contributed by atoms with E-state index in [1.165, 1.54) is 5.39 Å². The molecule has 0 saturated carbocycles. The zero-order valence-electron chi connectivity index (χ0n) is 21.2. The lowest BCUT2D eigenvalue weighted by Crippen LogP contribution is -2.47. The molecule has 8 nitrogen and oxygen atoms in total. The van der Waals surface area contributed by atoms with E-state index in [4.69, 9.17) is 4.74 Å². The van der Waals surface area contributed by atoms with E-state index in [-0.39, 0.29) is 30.3 Å². The molecule has 35 heavy (non-hydrogen) atoms. The van der Waals surface area contributed by atoms with E-state index >= 15 is 0 Å². The number of nitrogens with one attached hydrogen (secondary N) is 3. The molecule has 0 bridgehead atoms. The second-order valence-corrected chi connectivity index (χ2v) is 10.2. The summed E-state index contributed by atoms with van der Waals surface area (Å²) in [6.07, 6.45) is 1.15. The minimum absolute atomic E-state index is 0.0479. The van der Waals surface area contributed by atoms with E-state index in [0.29, 0.717) is 19.6 Å². The van der Waals surface area contributed by atoms with Crippen molar-refractivity contribution in [3.05, 3.63) is 48.0 Å². The van der Waals surface area contributed by atoms with Crippen LogP contribution in [0, 0.1) is 5.92 Å². The van der Waals surface area contributed by atoms with Crippen LogP contribution in [0.15, 0.2) is 42.5 Å². The lowest BCUT2D eigenvalue weighted by atomic mass is 9.97. The minimum atomic E-state index is -0.557. The van der Waals surface area contributed by atoms with Crippen molar-refractivity contribution in [1.82, 2.24) is 20.9 Å². The number of hydrogen-bond acceptors (Lipinski definition) is 5. The highest BCUT2D eigenvalue weighted by molar-refractivity contribution is 5.84. The molecule has 190 valence electrons. The second-order valence-electron chi connectivity index (χ2n) is 10.2. The van der Waals surface area contributed by atoms with Gasteiger partial charge < -0.3 is 20.7 Å². The van der Waals surface area contributed by atoms with Crippen LogP contribution in [0.5, 0.6) is 0 Å². The molecule has 3 amide bonds. The maximum absolute atomic E-state index is 12.7. The molecule has 2 aromatic rings. The number of piperidine rings is 1. The first kappa shape index (κ1) is 26.5. The third kappa shape index (κ3) is 8.55. The Morgan fingerprint density at radius 1 is 1.06 bits per heavy atom. The van der Waals surface area contributed by atoms with E-state index in [2.05, 4.69) is 40.2 Å². The van der Waals surface area contributed by atoms with Gasteiger partial charge in [-0.1, -0.05) is 36.4 Å². The summed E-state index contributed by atoms with van der Waals surface area (Å²) < 4.78 is 5.18. The molecule has 1 heterocycles. The van der Waals surface area contributed by atoms with E-state index in [9.17, 15) is 14.4 Å². The Morgan fingerprint density at radius 3 is 2.51 bits per heavy atom. The van der Waals surface area contributed by atoms with Gasteiger partial charge in [-0.25, -0.2) is 4.79 Å². The quantitative estimate of drug-likeness (QED) is 0.501. The second kappa shape index (κ2) is 12.0. The smallest absolute Gasteiger partial charge is 0.407 e. The van der Waals surface area contributed by atoms with Gasteiger partial charge in [0.15, 0.2) is 0 Å². The predicted octanol–water partition coefficient (Wildman–Crippen LogP) is 3.37. The fourth-order valence-corrected chi connectivity index (χ4v) is 4.27. The number of carbonyl (C=O) groups excluding carboxylic acids is 3. The highest BCUT2D eigenvalue weighted by Gasteiger charge is 2.27. The van der Waals surface area contributed by atoms with Crippen LogP contribution in [-0.4, -0.2) is 61.1 Å². The molecule has 0 radical (unpaired) electrons. The van der Waals surface area contributed by atoms with Crippen molar-refractivity contribution >= 4 is 28.7 Å². The summed E-state index contributed by atoms with van der Waals surface area (Å²) in [5, 5.41) is 10.9. The molecule has 0 aromatic heterocycles. The normalized spacial score (nSPS) is 17.4. The SMILES string of the molecule is CC(NC(=O)CN1CCCC(C(=O)NCCNC(=O)OC(C)(C)C)C1)c1ccc2ccccc2c1. The van der Waals surface area contributed by atoms with Gasteiger partial charge in [0.05, 0.1) is 18.5 Å². The fourth-order valence-electron chi connectivity index (χ4n) is 4.27. The standard InChI is InChI=1S/C27H38N4O4/c1-19(21-12-11-20-8-5-6-9-22(20)16-21)30-24(32)18-31-15-7-10-23(17-31)25(33)28-13-14-29-26(34)35-27(2,3)4/h5-6,8-9,11-12,16,19,23H,7,10,13-15,17-18H2,1-4H3,(H,28,33)(H,29,34)(H,30,32). The third-order valence-electron chi connectivity index (χ3n) is 5.99. The Hall–Kier alpha value is -3.13. The summed E-state index contributed by atoms with van der Waals surface area (Å²) in [5.41, 5.74) is 0.506. The first-order valence-corrected chi connectivity index (χ1v) is 12.4. The Morgan fingerprint density at radius 2 is 1.77 bits per heavy atom. The lowest BCUT2D eigenvalue weighted by Gasteiger charge is -2.31. The van der Waals surface area contributed by atoms with Crippen molar-refractivity contribution in [3.8, 4) is 0 Å². The number of hydrogen-bond donors (Lipinski definition) is 3. The maximum atomic E-state index is 12.7. The number of alkyl carbamates (subject to hydrolysis) is 1. The van der Waals surface area contributed by atoms with Crippen LogP contribution in [0.1, 0.15) is 52.1 Å². The van der Waals surface area contributed by atoms with Gasteiger partial charge in [-0.3, -0.25) is 14.5 Å². The maximum Gasteiger partial charge on any atom is 0.407 e. The molecule has 2 atom stereocenters. The van der Waals surface area contributed by atoms with Crippen LogP contribution in [-0.2, 0) is 14.3 Å². The van der Waals surface area contributed by atoms with Gasteiger partial charge in [-0.2, -0.15) is 0 Å². The Bertz CT molecular complexity index is 1030. The predicted molar refractivity (Wildman–Crippen MR) is 137 cm³/mol. The average Bonchev–Trinajstić information content (AvgIpc) is 2.80. The van der Waals surface area contributed by atoms with E-state index in [1.54, 1.807) is 20.8 Å². The van der Waals surface area contributed by atoms with Crippen LogP contribution in [0.25, 0.3) is 10.8 Å². The molecule has 8 heteroatoms. The van der Waals surface area contributed by atoms with Crippen LogP contribution in [0.2, 0.25) is 0 Å². The summed E-state index contributed by atoms with van der Waals surface area (Å²) in [7, 11) is 0. The summed E-state index contributed by atoms with van der Waals surface area (Å²) in [6, 6.07) is 14.3. The topological polar surface area (TPSA) is 99.8 Å². The van der Waals surface area contributed by atoms with Crippen molar-refractivity contribution in [2.24, 2.45) is 5.92 Å². The van der Waals surface area contributed by atoms with Crippen LogP contribution in [0.4, 0.5) is 4.79 Å². The van der Waals surface area contributed by atoms with Crippen molar-refractivity contribution in [2.45, 2.75) is 52.2 Å². The van der Waals surface area contributed by atoms with E-state index in [1.807, 2.05) is 30.0 Å². The molecule has 1 aliphatic heterocycles. The van der Waals surface area contributed by atoms with Gasteiger partial charge in [0.1, 0.15) is 5.60 Å². The number of rotatable bonds is 8.